The Bertz CT molecular complexity index is 1300. The first-order chi connectivity index (χ1) is 15.5. The van der Waals surface area contributed by atoms with Crippen LogP contribution in [-0.4, -0.2) is 34.5 Å². The number of hydrogen-bond acceptors (Lipinski definition) is 6. The molecule has 3 rings (SSSR count). The second-order valence-corrected chi connectivity index (χ2v) is 9.32. The van der Waals surface area contributed by atoms with Crippen LogP contribution in [0.25, 0.3) is 0 Å². The number of nitrogens with zero attached hydrogens (tertiary/aromatic N) is 1. The van der Waals surface area contributed by atoms with Crippen LogP contribution in [0.1, 0.15) is 32.2 Å². The first kappa shape index (κ1) is 24.3. The van der Waals surface area contributed by atoms with Crippen molar-refractivity contribution in [3.8, 4) is 0 Å². The van der Waals surface area contributed by atoms with E-state index in [-0.39, 0.29) is 33.3 Å². The van der Waals surface area contributed by atoms with Gasteiger partial charge in [-0.1, -0.05) is 11.6 Å². The summed E-state index contributed by atoms with van der Waals surface area (Å²) in [5.41, 5.74) is 0.408. The third-order valence-corrected chi connectivity index (χ3v) is 6.94. The number of halogens is 2. The number of benzene rings is 2. The average molecular weight is 495 g/mol. The predicted molar refractivity (Wildman–Crippen MR) is 119 cm³/mol. The van der Waals surface area contributed by atoms with Gasteiger partial charge in [0.1, 0.15) is 22.9 Å². The Balaban J connectivity index is 1.81. The lowest BCUT2D eigenvalue weighted by Crippen LogP contribution is -2.27. The number of hydrogen-bond donors (Lipinski definition) is 1. The van der Waals surface area contributed by atoms with Gasteiger partial charge in [-0.3, -0.25) is 9.10 Å². The highest BCUT2D eigenvalue weighted by Gasteiger charge is 2.24. The number of furan rings is 1. The molecule has 1 amide bonds. The number of sulfonamides is 1. The highest BCUT2D eigenvalue weighted by Crippen LogP contribution is 2.26. The molecule has 33 heavy (non-hydrogen) atoms. The van der Waals surface area contributed by atoms with Crippen LogP contribution in [0.2, 0.25) is 5.02 Å². The van der Waals surface area contributed by atoms with Gasteiger partial charge in [-0.2, -0.15) is 0 Å². The monoisotopic (exact) mass is 494 g/mol. The molecule has 1 aromatic heterocycles. The third kappa shape index (κ3) is 5.18. The van der Waals surface area contributed by atoms with Crippen LogP contribution in [0.5, 0.6) is 0 Å². The lowest BCUT2D eigenvalue weighted by Gasteiger charge is -2.20. The zero-order valence-corrected chi connectivity index (χ0v) is 19.5. The number of amides is 1. The van der Waals surface area contributed by atoms with Gasteiger partial charge in [-0.25, -0.2) is 17.6 Å². The molecule has 0 saturated carbocycles. The fraction of sp³-hybridized carbons (Fsp3) is 0.182. The van der Waals surface area contributed by atoms with Crippen LogP contribution in [-0.2, 0) is 21.3 Å². The number of carbonyl (C=O) groups is 2. The van der Waals surface area contributed by atoms with E-state index in [2.05, 4.69) is 10.1 Å². The molecular weight excluding hydrogens is 475 g/mol. The lowest BCUT2D eigenvalue weighted by atomic mass is 10.2. The quantitative estimate of drug-likeness (QED) is 0.499. The van der Waals surface area contributed by atoms with Crippen molar-refractivity contribution in [3.63, 3.8) is 0 Å². The maximum Gasteiger partial charge on any atom is 0.341 e. The van der Waals surface area contributed by atoms with E-state index >= 15 is 0 Å². The fourth-order valence-corrected chi connectivity index (χ4v) is 4.42. The summed E-state index contributed by atoms with van der Waals surface area (Å²) in [5, 5.41) is 2.62. The second-order valence-electron chi connectivity index (χ2n) is 6.95. The molecule has 0 fully saturated rings. The van der Waals surface area contributed by atoms with Crippen molar-refractivity contribution in [3.05, 3.63) is 82.0 Å². The molecule has 0 aliphatic rings. The molecule has 0 radical (unpaired) electrons. The zero-order valence-electron chi connectivity index (χ0n) is 17.9. The molecule has 0 aliphatic carbocycles. The number of ether oxygens (including phenoxy) is 1. The number of methoxy groups -OCH3 is 1. The predicted octanol–water partition coefficient (Wildman–Crippen LogP) is 3.92. The summed E-state index contributed by atoms with van der Waals surface area (Å²) in [5.74, 6) is -1.08. The molecule has 3 aromatic rings. The van der Waals surface area contributed by atoms with E-state index in [1.165, 1.54) is 44.5 Å². The molecule has 2 aromatic carbocycles. The molecule has 0 aliphatic heterocycles. The van der Waals surface area contributed by atoms with E-state index in [1.54, 1.807) is 6.92 Å². The van der Waals surface area contributed by atoms with Crippen molar-refractivity contribution in [2.45, 2.75) is 18.4 Å². The maximum atomic E-state index is 13.2. The Morgan fingerprint density at radius 3 is 2.42 bits per heavy atom. The Hall–Kier alpha value is -3.37. The van der Waals surface area contributed by atoms with Gasteiger partial charge in [0.15, 0.2) is 0 Å². The smallest absolute Gasteiger partial charge is 0.341 e. The van der Waals surface area contributed by atoms with Crippen molar-refractivity contribution in [1.82, 2.24) is 5.32 Å². The summed E-state index contributed by atoms with van der Waals surface area (Å²) in [6, 6.07) is 10.1. The molecule has 0 unspecified atom stereocenters. The van der Waals surface area contributed by atoms with E-state index in [0.29, 0.717) is 11.5 Å². The van der Waals surface area contributed by atoms with E-state index in [1.807, 2.05) is 0 Å². The lowest BCUT2D eigenvalue weighted by molar-refractivity contribution is 0.0598. The minimum absolute atomic E-state index is 0.0433. The molecule has 174 valence electrons. The number of aryl methyl sites for hydroxylation is 1. The molecular formula is C22H20ClFN2O6S. The summed E-state index contributed by atoms with van der Waals surface area (Å²) in [7, 11) is -1.50. The minimum Gasteiger partial charge on any atom is -0.465 e. The van der Waals surface area contributed by atoms with Crippen LogP contribution in [0.15, 0.2) is 57.8 Å². The van der Waals surface area contributed by atoms with Crippen molar-refractivity contribution >= 4 is 39.2 Å². The Morgan fingerprint density at radius 2 is 1.79 bits per heavy atom. The summed E-state index contributed by atoms with van der Waals surface area (Å²) in [6.07, 6.45) is 0. The van der Waals surface area contributed by atoms with Crippen LogP contribution >= 0.6 is 11.6 Å². The van der Waals surface area contributed by atoms with Crippen molar-refractivity contribution in [1.29, 1.82) is 0 Å². The van der Waals surface area contributed by atoms with Gasteiger partial charge < -0.3 is 14.5 Å². The summed E-state index contributed by atoms with van der Waals surface area (Å²) in [6.45, 7) is 1.51. The molecule has 0 bridgehead atoms. The molecule has 0 saturated heterocycles. The van der Waals surface area contributed by atoms with Crippen LogP contribution in [0.3, 0.4) is 0 Å². The SMILES string of the molecule is COC(=O)c1cc(CNC(=O)c2cc(S(=O)(=O)N(C)c3ccc(F)cc3)ccc2Cl)oc1C. The zero-order chi connectivity index (χ0) is 24.3. The van der Waals surface area contributed by atoms with Gasteiger partial charge in [-0.15, -0.1) is 0 Å². The third-order valence-electron chi connectivity index (χ3n) is 4.83. The highest BCUT2D eigenvalue weighted by atomic mass is 35.5. The van der Waals surface area contributed by atoms with E-state index in [4.69, 9.17) is 16.0 Å². The second kappa shape index (κ2) is 9.63. The first-order valence-electron chi connectivity index (χ1n) is 9.54. The van der Waals surface area contributed by atoms with E-state index < -0.39 is 27.7 Å². The van der Waals surface area contributed by atoms with Crippen molar-refractivity contribution in [2.75, 3.05) is 18.5 Å². The molecule has 1 N–H and O–H groups in total. The Labute approximate surface area is 195 Å². The fourth-order valence-electron chi connectivity index (χ4n) is 2.99. The number of anilines is 1. The van der Waals surface area contributed by atoms with Gasteiger partial charge in [0, 0.05) is 7.05 Å². The molecule has 1 heterocycles. The molecule has 0 spiro atoms. The van der Waals surface area contributed by atoms with Gasteiger partial charge in [-0.05, 0) is 55.5 Å². The maximum absolute atomic E-state index is 13.2. The summed E-state index contributed by atoms with van der Waals surface area (Å²) < 4.78 is 50.3. The summed E-state index contributed by atoms with van der Waals surface area (Å²) >= 11 is 6.13. The van der Waals surface area contributed by atoms with E-state index in [0.717, 1.165) is 22.5 Å². The largest absolute Gasteiger partial charge is 0.465 e. The molecule has 0 atom stereocenters. The molecule has 11 heteroatoms. The van der Waals surface area contributed by atoms with E-state index in [9.17, 15) is 22.4 Å². The van der Waals surface area contributed by atoms with Crippen LogP contribution in [0, 0.1) is 12.7 Å². The van der Waals surface area contributed by atoms with Crippen LogP contribution in [0.4, 0.5) is 10.1 Å². The molecule has 8 nitrogen and oxygen atoms in total. The number of esters is 1. The number of carbonyl (C=O) groups excluding carboxylic acids is 2. The van der Waals surface area contributed by atoms with Gasteiger partial charge in [0.25, 0.3) is 15.9 Å². The highest BCUT2D eigenvalue weighted by molar-refractivity contribution is 7.92. The van der Waals surface area contributed by atoms with Crippen LogP contribution < -0.4 is 9.62 Å². The van der Waals surface area contributed by atoms with Gasteiger partial charge in [0.05, 0.1) is 34.8 Å². The van der Waals surface area contributed by atoms with Gasteiger partial charge in [0.2, 0.25) is 0 Å². The number of rotatable bonds is 7. The summed E-state index contributed by atoms with van der Waals surface area (Å²) in [4.78, 5) is 24.2. The standard InChI is InChI=1S/C22H20ClFN2O6S/c1-13-18(22(28)31-3)10-16(32-13)12-25-21(27)19-11-17(8-9-20(19)23)33(29,30)26(2)15-6-4-14(24)5-7-15/h4-11H,12H2,1-3H3,(H,25,27). The topological polar surface area (TPSA) is 106 Å². The van der Waals surface area contributed by atoms with Crippen molar-refractivity contribution in [2.24, 2.45) is 0 Å². The normalized spacial score (nSPS) is 11.2. The Morgan fingerprint density at radius 1 is 1.12 bits per heavy atom. The van der Waals surface area contributed by atoms with Gasteiger partial charge >= 0.3 is 5.97 Å². The first-order valence-corrected chi connectivity index (χ1v) is 11.4. The minimum atomic E-state index is -4.06. The average Bonchev–Trinajstić information content (AvgIpc) is 3.17. The number of nitrogens with one attached hydrogen (secondary N) is 1. The van der Waals surface area contributed by atoms with Crippen molar-refractivity contribution < 1.29 is 31.6 Å². The Kier molecular flexibility index (Phi) is 7.09.